The van der Waals surface area contributed by atoms with E-state index in [1.807, 2.05) is 63.5 Å². The molecule has 2 atom stereocenters. The third-order valence-corrected chi connectivity index (χ3v) is 8.79. The van der Waals surface area contributed by atoms with E-state index in [0.29, 0.717) is 31.5 Å². The van der Waals surface area contributed by atoms with Crippen LogP contribution in [-0.2, 0) is 17.6 Å². The van der Waals surface area contributed by atoms with Crippen LogP contribution in [0.1, 0.15) is 57.6 Å². The maximum absolute atomic E-state index is 12.2. The molecule has 4 aromatic rings. The maximum atomic E-state index is 12.2. The fourth-order valence-electron chi connectivity index (χ4n) is 5.75. The summed E-state index contributed by atoms with van der Waals surface area (Å²) in [4.78, 5) is 22.5. The number of aryl methyl sites for hydroxylation is 2. The highest BCUT2D eigenvalue weighted by Crippen LogP contribution is 2.27. The summed E-state index contributed by atoms with van der Waals surface area (Å²) in [5, 5.41) is 21.3. The number of hydrogen-bond acceptors (Lipinski definition) is 9. The molecule has 10 heteroatoms. The minimum absolute atomic E-state index is 0.0234. The Kier molecular flexibility index (Phi) is 13.8. The second-order valence-corrected chi connectivity index (χ2v) is 14.1. The van der Waals surface area contributed by atoms with E-state index in [-0.39, 0.29) is 25.3 Å². The van der Waals surface area contributed by atoms with Crippen LogP contribution in [0.25, 0.3) is 22.3 Å². The molecule has 0 spiro atoms. The topological polar surface area (TPSA) is 126 Å². The highest BCUT2D eigenvalue weighted by molar-refractivity contribution is 5.69. The second kappa shape index (κ2) is 18.6. The fraction of sp³-hybridized carbons (Fsp3) is 0.439. The van der Waals surface area contributed by atoms with Gasteiger partial charge in [-0.05, 0) is 100 Å². The molecule has 51 heavy (non-hydrogen) atoms. The van der Waals surface area contributed by atoms with E-state index in [0.717, 1.165) is 66.7 Å². The van der Waals surface area contributed by atoms with E-state index < -0.39 is 5.60 Å². The predicted octanol–water partition coefficient (Wildman–Crippen LogP) is 6.48. The van der Waals surface area contributed by atoms with Crippen LogP contribution in [0.4, 0.5) is 4.79 Å². The number of nitrogens with one attached hydrogen (secondary N) is 1. The monoisotopic (exact) mass is 696 g/mol. The molecule has 3 N–H and O–H groups in total. The molecule has 6 rings (SSSR count). The zero-order valence-electron chi connectivity index (χ0n) is 30.1. The number of benzene rings is 2. The average molecular weight is 697 g/mol. The number of aliphatic hydroxyl groups excluding tert-OH is 2. The molecular weight excluding hydrogens is 644 g/mol. The molecule has 0 aliphatic carbocycles. The lowest BCUT2D eigenvalue weighted by molar-refractivity contribution is -0.0141. The SMILES string of the molecule is CC(C)(C)OC(=O)N1CC[C@H]1COc1cncc(-c2cccc(CCCO)c2)c1.OCCCc1cccc(-c2cncc(OC[C@@H]3CCN3)c2)c1. The summed E-state index contributed by atoms with van der Waals surface area (Å²) >= 11 is 0. The molecule has 4 heterocycles. The first-order valence-electron chi connectivity index (χ1n) is 18.0. The number of nitrogens with zero attached hydrogens (tertiary/aromatic N) is 3. The summed E-state index contributed by atoms with van der Waals surface area (Å²) < 4.78 is 17.2. The van der Waals surface area contributed by atoms with Crippen LogP contribution in [0.2, 0.25) is 0 Å². The summed E-state index contributed by atoms with van der Waals surface area (Å²) in [6.45, 7) is 8.92. The summed E-state index contributed by atoms with van der Waals surface area (Å²) in [6.07, 6.45) is 12.2. The van der Waals surface area contributed by atoms with Crippen molar-refractivity contribution in [2.75, 3.05) is 39.5 Å². The van der Waals surface area contributed by atoms with Crippen LogP contribution in [0.3, 0.4) is 0 Å². The van der Waals surface area contributed by atoms with Crippen molar-refractivity contribution in [1.82, 2.24) is 20.2 Å². The van der Waals surface area contributed by atoms with Crippen LogP contribution in [0.5, 0.6) is 11.5 Å². The number of pyridine rings is 2. The molecule has 2 aromatic carbocycles. The lowest BCUT2D eigenvalue weighted by Gasteiger charge is -2.40. The predicted molar refractivity (Wildman–Crippen MR) is 199 cm³/mol. The van der Waals surface area contributed by atoms with E-state index in [9.17, 15) is 4.79 Å². The van der Waals surface area contributed by atoms with Gasteiger partial charge in [-0.1, -0.05) is 48.5 Å². The van der Waals surface area contributed by atoms with Crippen LogP contribution in [-0.4, -0.2) is 88.4 Å². The van der Waals surface area contributed by atoms with Crippen LogP contribution < -0.4 is 14.8 Å². The fourth-order valence-corrected chi connectivity index (χ4v) is 5.75. The number of hydrogen-bond donors (Lipinski definition) is 3. The lowest BCUT2D eigenvalue weighted by atomic mass is 10.0. The van der Waals surface area contributed by atoms with Crippen molar-refractivity contribution >= 4 is 6.09 Å². The van der Waals surface area contributed by atoms with Crippen molar-refractivity contribution < 1.29 is 29.2 Å². The number of likely N-dealkylation sites (tertiary alicyclic amines) is 1. The van der Waals surface area contributed by atoms with E-state index in [1.165, 1.54) is 17.5 Å². The van der Waals surface area contributed by atoms with E-state index in [4.69, 9.17) is 24.4 Å². The Labute approximate surface area is 301 Å². The standard InChI is InChI=1S/C23H30N2O4.C18H22N2O2/c1-23(2,3)29-22(27)25-10-9-20(25)16-28-21-13-19(14-24-15-21)18-8-4-6-17(12-18)7-5-11-26;21-8-2-4-14-3-1-5-15(9-14)16-10-18(12-19-11-16)22-13-17-6-7-20-17/h4,6,8,12-15,20,26H,5,7,9-11,16H2,1-3H3;1,3,5,9-12,17,20-21H,2,4,6-8,13H2/t20-;17-/m00/s1. The number of amides is 1. The third kappa shape index (κ3) is 11.8. The molecule has 2 aliphatic rings. The Balaban J connectivity index is 0.000000205. The minimum Gasteiger partial charge on any atom is -0.490 e. The first-order chi connectivity index (χ1) is 24.7. The zero-order valence-corrected chi connectivity index (χ0v) is 30.1. The Morgan fingerprint density at radius 3 is 1.78 bits per heavy atom. The Bertz CT molecular complexity index is 1690. The van der Waals surface area contributed by atoms with Gasteiger partial charge < -0.3 is 34.6 Å². The smallest absolute Gasteiger partial charge is 0.410 e. The zero-order chi connectivity index (χ0) is 36.1. The molecule has 2 fully saturated rings. The summed E-state index contributed by atoms with van der Waals surface area (Å²) in [7, 11) is 0. The van der Waals surface area contributed by atoms with Gasteiger partial charge in [-0.2, -0.15) is 0 Å². The molecular formula is C41H52N4O6. The van der Waals surface area contributed by atoms with Gasteiger partial charge in [-0.25, -0.2) is 4.79 Å². The van der Waals surface area contributed by atoms with Crippen LogP contribution in [0, 0.1) is 0 Å². The van der Waals surface area contributed by atoms with Gasteiger partial charge in [-0.15, -0.1) is 0 Å². The van der Waals surface area contributed by atoms with Gasteiger partial charge in [0.05, 0.1) is 18.4 Å². The van der Waals surface area contributed by atoms with Gasteiger partial charge in [-0.3, -0.25) is 9.97 Å². The molecule has 0 radical (unpaired) electrons. The molecule has 10 nitrogen and oxygen atoms in total. The van der Waals surface area contributed by atoms with Crippen molar-refractivity contribution in [3.63, 3.8) is 0 Å². The maximum Gasteiger partial charge on any atom is 0.410 e. The molecule has 2 aliphatic heterocycles. The molecule has 0 unspecified atom stereocenters. The van der Waals surface area contributed by atoms with Crippen molar-refractivity contribution in [3.05, 3.63) is 96.6 Å². The lowest BCUT2D eigenvalue weighted by Crippen LogP contribution is -2.55. The first kappa shape index (κ1) is 37.7. The number of carbonyl (C=O) groups is 1. The van der Waals surface area contributed by atoms with Crippen LogP contribution >= 0.6 is 0 Å². The van der Waals surface area contributed by atoms with Gasteiger partial charge in [0.1, 0.15) is 30.3 Å². The molecule has 2 aromatic heterocycles. The van der Waals surface area contributed by atoms with Gasteiger partial charge in [0.2, 0.25) is 0 Å². The molecule has 0 bridgehead atoms. The molecule has 2 saturated heterocycles. The minimum atomic E-state index is -0.498. The van der Waals surface area contributed by atoms with Gasteiger partial charge in [0.15, 0.2) is 0 Å². The van der Waals surface area contributed by atoms with Crippen molar-refractivity contribution in [2.45, 2.75) is 77.0 Å². The average Bonchev–Trinajstić information content (AvgIpc) is 3.09. The second-order valence-electron chi connectivity index (χ2n) is 14.1. The quantitative estimate of drug-likeness (QED) is 0.136. The number of aromatic nitrogens is 2. The van der Waals surface area contributed by atoms with Crippen molar-refractivity contribution in [3.8, 4) is 33.8 Å². The summed E-state index contributed by atoms with van der Waals surface area (Å²) in [5.41, 5.74) is 6.16. The Morgan fingerprint density at radius 2 is 1.33 bits per heavy atom. The third-order valence-electron chi connectivity index (χ3n) is 8.79. The normalized spacial score (nSPS) is 16.6. The van der Waals surface area contributed by atoms with Gasteiger partial charge in [0.25, 0.3) is 0 Å². The number of rotatable bonds is 14. The van der Waals surface area contributed by atoms with E-state index in [2.05, 4.69) is 45.6 Å². The Hall–Kier alpha value is -4.51. The summed E-state index contributed by atoms with van der Waals surface area (Å²) in [6, 6.07) is 21.1. The van der Waals surface area contributed by atoms with Crippen LogP contribution in [0.15, 0.2) is 85.5 Å². The van der Waals surface area contributed by atoms with Gasteiger partial charge in [0, 0.05) is 49.3 Å². The van der Waals surface area contributed by atoms with Gasteiger partial charge >= 0.3 is 6.09 Å². The van der Waals surface area contributed by atoms with Crippen molar-refractivity contribution in [2.24, 2.45) is 0 Å². The Morgan fingerprint density at radius 1 is 0.784 bits per heavy atom. The van der Waals surface area contributed by atoms with E-state index >= 15 is 0 Å². The van der Waals surface area contributed by atoms with E-state index in [1.54, 1.807) is 17.3 Å². The highest BCUT2D eigenvalue weighted by Gasteiger charge is 2.35. The largest absolute Gasteiger partial charge is 0.490 e. The molecule has 0 saturated carbocycles. The molecule has 272 valence electrons. The van der Waals surface area contributed by atoms with Crippen molar-refractivity contribution in [1.29, 1.82) is 0 Å². The highest BCUT2D eigenvalue weighted by atomic mass is 16.6. The number of carbonyl (C=O) groups excluding carboxylic acids is 1. The number of ether oxygens (including phenoxy) is 3. The summed E-state index contributed by atoms with van der Waals surface area (Å²) in [5.74, 6) is 1.49. The first-order valence-corrected chi connectivity index (χ1v) is 18.0. The molecule has 1 amide bonds. The number of aliphatic hydroxyl groups is 2.